The number of thiocarbonyl (C=S) groups is 1. The van der Waals surface area contributed by atoms with Gasteiger partial charge >= 0.3 is 271 Å². The molecule has 0 unspecified atom stereocenters. The monoisotopic (exact) mass is 685 g/mol. The first-order valence-electron chi connectivity index (χ1n) is 15.1. The zero-order valence-corrected chi connectivity index (χ0v) is 27.6. The Morgan fingerprint density at radius 1 is 1.14 bits per heavy atom. The molecule has 5 rings (SSSR count). The third-order valence-electron chi connectivity index (χ3n) is 8.08. The van der Waals surface area contributed by atoms with Gasteiger partial charge in [0, 0.05) is 0 Å². The van der Waals surface area contributed by atoms with Crippen LogP contribution in [0.25, 0.3) is 0 Å². The molecule has 1 amide bonds. The van der Waals surface area contributed by atoms with E-state index in [-0.39, 0.29) is 49.6 Å². The van der Waals surface area contributed by atoms with Crippen molar-refractivity contribution < 1.29 is 28.5 Å². The third kappa shape index (κ3) is 7.88. The van der Waals surface area contributed by atoms with E-state index in [1.54, 1.807) is 28.2 Å². The van der Waals surface area contributed by atoms with Crippen molar-refractivity contribution in [3.05, 3.63) is 84.9 Å². The Morgan fingerprint density at radius 2 is 1.89 bits per heavy atom. The van der Waals surface area contributed by atoms with Crippen LogP contribution in [0.15, 0.2) is 79.4 Å². The van der Waals surface area contributed by atoms with Gasteiger partial charge in [-0.2, -0.15) is 0 Å². The van der Waals surface area contributed by atoms with E-state index in [1.165, 1.54) is 11.6 Å². The Labute approximate surface area is 270 Å². The SMILES string of the molecule is CCCCC[C@H](OCc1ccccc1)[C@@H]1OC(=O)N2[C@@H](CC(=O)OC)C[C@@H](OC(=S)n3ccnc3)[C@H]([Se]c3ccccc3)[C@H]12. The fourth-order valence-corrected chi connectivity index (χ4v) is 9.05. The first-order valence-corrected chi connectivity index (χ1v) is 17.4. The van der Waals surface area contributed by atoms with Crippen molar-refractivity contribution in [2.45, 2.75) is 87.3 Å². The van der Waals surface area contributed by atoms with Crippen LogP contribution in [0.5, 0.6) is 0 Å². The summed E-state index contributed by atoms with van der Waals surface area (Å²) < 4.78 is 27.3. The molecule has 3 aromatic rings. The Bertz CT molecular complexity index is 1360. The number of nitrogens with zero attached hydrogens (tertiary/aromatic N) is 3. The average Bonchev–Trinajstić information content (AvgIpc) is 3.70. The number of piperidine rings is 1. The molecule has 0 spiro atoms. The van der Waals surface area contributed by atoms with Gasteiger partial charge in [0.2, 0.25) is 0 Å². The number of esters is 1. The predicted molar refractivity (Wildman–Crippen MR) is 171 cm³/mol. The summed E-state index contributed by atoms with van der Waals surface area (Å²) >= 11 is 5.56. The van der Waals surface area contributed by atoms with Gasteiger partial charge in [-0.25, -0.2) is 0 Å². The minimum absolute atomic E-state index is 0.0307. The van der Waals surface area contributed by atoms with Gasteiger partial charge in [0.25, 0.3) is 0 Å². The van der Waals surface area contributed by atoms with Gasteiger partial charge in [-0.05, 0) is 0 Å². The summed E-state index contributed by atoms with van der Waals surface area (Å²) in [5.41, 5.74) is 1.05. The van der Waals surface area contributed by atoms with Crippen molar-refractivity contribution in [3.63, 3.8) is 0 Å². The van der Waals surface area contributed by atoms with Crippen molar-refractivity contribution in [2.24, 2.45) is 0 Å². The summed E-state index contributed by atoms with van der Waals surface area (Å²) in [6, 6.07) is 19.4. The van der Waals surface area contributed by atoms with Gasteiger partial charge in [0.05, 0.1) is 0 Å². The van der Waals surface area contributed by atoms with Crippen molar-refractivity contribution in [3.8, 4) is 0 Å². The number of imidazole rings is 1. The Kier molecular flexibility index (Phi) is 11.4. The van der Waals surface area contributed by atoms with Gasteiger partial charge < -0.3 is 0 Å². The standard InChI is InChI=1S/C33H39N3O6SSe/c1-3-4-7-16-26(40-21-23-12-8-5-9-13-23)30-29-31(44-25-14-10-6-11-15-25)27(41-33(43)35-18-17-34-22-35)19-24(20-28(37)39-2)36(29)32(38)42-30/h5-6,8-15,17-18,22,24,26-27,29-31H,3-4,7,16,19-21H2,1-2H3/t24-,26+,27-,29+,30+,31+/m1/s1. The third-order valence-corrected chi connectivity index (χ3v) is 11.3. The number of carbonyl (C=O) groups is 2. The molecule has 234 valence electrons. The Balaban J connectivity index is 1.51. The maximum absolute atomic E-state index is 13.7. The van der Waals surface area contributed by atoms with E-state index in [0.29, 0.717) is 13.0 Å². The molecule has 0 bridgehead atoms. The molecule has 2 aliphatic rings. The van der Waals surface area contributed by atoms with Gasteiger partial charge in [0.1, 0.15) is 0 Å². The molecule has 6 atom stereocenters. The van der Waals surface area contributed by atoms with Gasteiger partial charge in [0.15, 0.2) is 0 Å². The molecule has 0 aliphatic carbocycles. The van der Waals surface area contributed by atoms with Crippen LogP contribution in [-0.2, 0) is 30.3 Å². The second-order valence-corrected chi connectivity index (χ2v) is 14.0. The van der Waals surface area contributed by atoms with Crippen LogP contribution in [0.2, 0.25) is 4.82 Å². The number of rotatable bonds is 13. The first-order chi connectivity index (χ1) is 21.5. The number of fused-ring (bicyclic) bond motifs is 1. The summed E-state index contributed by atoms with van der Waals surface area (Å²) in [6.45, 7) is 2.57. The summed E-state index contributed by atoms with van der Waals surface area (Å²) in [4.78, 5) is 32.1. The predicted octanol–water partition coefficient (Wildman–Crippen LogP) is 4.91. The summed E-state index contributed by atoms with van der Waals surface area (Å²) in [6.07, 6.45) is 7.53. The molecule has 3 heterocycles. The van der Waals surface area contributed by atoms with Gasteiger partial charge in [-0.3, -0.25) is 0 Å². The van der Waals surface area contributed by atoms with Crippen LogP contribution in [0.1, 0.15) is 51.0 Å². The molecular formula is C33H39N3O6SSe. The molecule has 11 heteroatoms. The first kappa shape index (κ1) is 32.2. The summed E-state index contributed by atoms with van der Waals surface area (Å²) in [7, 11) is 1.36. The molecule has 2 aliphatic heterocycles. The maximum atomic E-state index is 13.7. The number of hydrogen-bond acceptors (Lipinski definition) is 8. The van der Waals surface area contributed by atoms with E-state index >= 15 is 0 Å². The van der Waals surface area contributed by atoms with Crippen molar-refractivity contribution in [1.29, 1.82) is 0 Å². The quantitative estimate of drug-likeness (QED) is 0.109. The van der Waals surface area contributed by atoms with Gasteiger partial charge in [-0.15, -0.1) is 0 Å². The molecule has 2 saturated heterocycles. The number of ether oxygens (including phenoxy) is 4. The minimum atomic E-state index is -0.549. The molecule has 0 N–H and O–H groups in total. The normalized spacial score (nSPS) is 23.5. The second kappa shape index (κ2) is 15.7. The number of amides is 1. The van der Waals surface area contributed by atoms with Crippen molar-refractivity contribution in [1.82, 2.24) is 14.5 Å². The average molecular weight is 685 g/mol. The molecule has 0 radical (unpaired) electrons. The number of methoxy groups -OCH3 is 1. The zero-order valence-electron chi connectivity index (χ0n) is 25.0. The van der Waals surface area contributed by atoms with Crippen LogP contribution >= 0.6 is 12.2 Å². The Morgan fingerprint density at radius 3 is 2.57 bits per heavy atom. The fourth-order valence-electron chi connectivity index (χ4n) is 5.94. The van der Waals surface area contributed by atoms with Crippen molar-refractivity contribution >= 4 is 48.9 Å². The van der Waals surface area contributed by atoms with E-state index in [2.05, 4.69) is 24.0 Å². The number of benzene rings is 2. The fraction of sp³-hybridized carbons (Fsp3) is 0.455. The molecule has 0 saturated carbocycles. The zero-order chi connectivity index (χ0) is 30.9. The summed E-state index contributed by atoms with van der Waals surface area (Å²) in [5, 5.41) is 0.272. The molecule has 44 heavy (non-hydrogen) atoms. The van der Waals surface area contributed by atoms with Crippen LogP contribution in [0.4, 0.5) is 4.79 Å². The van der Waals surface area contributed by atoms with E-state index in [4.69, 9.17) is 31.2 Å². The van der Waals surface area contributed by atoms with E-state index in [1.807, 2.05) is 48.5 Å². The molecule has 1 aromatic heterocycles. The topological polar surface area (TPSA) is 92.1 Å². The Hall–Kier alpha value is -3.24. The number of hydrogen-bond donors (Lipinski definition) is 0. The van der Waals surface area contributed by atoms with E-state index < -0.39 is 24.2 Å². The molecule has 9 nitrogen and oxygen atoms in total. The summed E-state index contributed by atoms with van der Waals surface area (Å²) in [5.74, 6) is -0.396. The number of unbranched alkanes of at least 4 members (excludes halogenated alkanes) is 2. The number of aromatic nitrogens is 2. The molecule has 2 aromatic carbocycles. The van der Waals surface area contributed by atoms with E-state index in [9.17, 15) is 9.59 Å². The second-order valence-electron chi connectivity index (χ2n) is 11.0. The van der Waals surface area contributed by atoms with Crippen LogP contribution < -0.4 is 4.46 Å². The molecular weight excluding hydrogens is 645 g/mol. The number of carbonyl (C=O) groups excluding carboxylic acids is 2. The van der Waals surface area contributed by atoms with Crippen LogP contribution in [-0.4, -0.2) is 84.2 Å². The van der Waals surface area contributed by atoms with Gasteiger partial charge in [-0.1, -0.05) is 0 Å². The molecule has 2 fully saturated rings. The van der Waals surface area contributed by atoms with Crippen LogP contribution in [0, 0.1) is 0 Å². The van der Waals surface area contributed by atoms with Crippen molar-refractivity contribution in [2.75, 3.05) is 7.11 Å². The van der Waals surface area contributed by atoms with Crippen LogP contribution in [0.3, 0.4) is 0 Å². The van der Waals surface area contributed by atoms with E-state index in [0.717, 1.165) is 31.2 Å². The number of cyclic esters (lactones) is 1.